The lowest BCUT2D eigenvalue weighted by Gasteiger charge is -2.26. The highest BCUT2D eigenvalue weighted by atomic mass is 19.3. The molecule has 1 aromatic rings. The molecule has 1 aromatic carbocycles. The van der Waals surface area contributed by atoms with Gasteiger partial charge in [0.15, 0.2) is 0 Å². The van der Waals surface area contributed by atoms with E-state index in [1.165, 1.54) is 6.07 Å². The minimum atomic E-state index is -2.43. The molecule has 1 aliphatic rings. The van der Waals surface area contributed by atoms with E-state index in [1.54, 1.807) is 19.1 Å². The first-order valence-corrected chi connectivity index (χ1v) is 6.48. The highest BCUT2D eigenvalue weighted by Crippen LogP contribution is 2.25. The number of alkyl halides is 2. The van der Waals surface area contributed by atoms with E-state index in [2.05, 4.69) is 4.90 Å². The van der Waals surface area contributed by atoms with E-state index in [4.69, 9.17) is 9.47 Å². The summed E-state index contributed by atoms with van der Waals surface area (Å²) < 4.78 is 36.0. The maximum absolute atomic E-state index is 12.6. The molecule has 0 spiro atoms. The van der Waals surface area contributed by atoms with Crippen LogP contribution in [0.3, 0.4) is 0 Å². The fraction of sp³-hybridized carbons (Fsp3) is 0.571. The smallest absolute Gasteiger partial charge is 0.264 e. The van der Waals surface area contributed by atoms with Gasteiger partial charge in [0.05, 0.1) is 13.2 Å². The summed E-state index contributed by atoms with van der Waals surface area (Å²) in [5, 5.41) is 0. The number of nitrogens with zero attached hydrogens (tertiary/aromatic N) is 1. The molecule has 0 N–H and O–H groups in total. The van der Waals surface area contributed by atoms with Crippen LogP contribution in [0.15, 0.2) is 18.2 Å². The van der Waals surface area contributed by atoms with E-state index in [0.29, 0.717) is 17.9 Å². The van der Waals surface area contributed by atoms with Gasteiger partial charge < -0.3 is 9.47 Å². The molecule has 0 radical (unpaired) electrons. The van der Waals surface area contributed by atoms with Gasteiger partial charge in [0.1, 0.15) is 12.4 Å². The van der Waals surface area contributed by atoms with Crippen molar-refractivity contribution in [1.29, 1.82) is 0 Å². The maximum atomic E-state index is 12.6. The molecule has 1 fully saturated rings. The second-order valence-electron chi connectivity index (χ2n) is 4.62. The number of ether oxygens (including phenoxy) is 2. The lowest BCUT2D eigenvalue weighted by atomic mass is 10.1. The third kappa shape index (κ3) is 4.14. The molecular formula is C14H19F2NO2. The van der Waals surface area contributed by atoms with Crippen molar-refractivity contribution in [1.82, 2.24) is 4.90 Å². The molecule has 1 aliphatic heterocycles. The van der Waals surface area contributed by atoms with E-state index < -0.39 is 6.43 Å². The molecule has 19 heavy (non-hydrogen) atoms. The second kappa shape index (κ2) is 6.82. The zero-order chi connectivity index (χ0) is 13.7. The van der Waals surface area contributed by atoms with Crippen molar-refractivity contribution in [2.75, 3.05) is 39.5 Å². The molecular weight excluding hydrogens is 252 g/mol. The van der Waals surface area contributed by atoms with E-state index in [9.17, 15) is 8.78 Å². The first kappa shape index (κ1) is 14.2. The summed E-state index contributed by atoms with van der Waals surface area (Å²) in [7, 11) is 0. The van der Waals surface area contributed by atoms with Crippen LogP contribution in [0.25, 0.3) is 0 Å². The third-order valence-corrected chi connectivity index (χ3v) is 3.26. The highest BCUT2D eigenvalue weighted by molar-refractivity contribution is 5.35. The summed E-state index contributed by atoms with van der Waals surface area (Å²) in [5.41, 5.74) is 0.638. The number of morpholine rings is 1. The Morgan fingerprint density at radius 3 is 2.68 bits per heavy atom. The minimum absolute atomic E-state index is 0.0699. The van der Waals surface area contributed by atoms with Crippen LogP contribution >= 0.6 is 0 Å². The Morgan fingerprint density at radius 2 is 2.05 bits per heavy atom. The zero-order valence-electron chi connectivity index (χ0n) is 11.1. The molecule has 5 heteroatoms. The van der Waals surface area contributed by atoms with Crippen LogP contribution in [0.4, 0.5) is 8.78 Å². The van der Waals surface area contributed by atoms with Crippen molar-refractivity contribution >= 4 is 0 Å². The molecule has 3 nitrogen and oxygen atoms in total. The van der Waals surface area contributed by atoms with Crippen LogP contribution in [0.1, 0.15) is 17.6 Å². The Hall–Kier alpha value is -1.20. The van der Waals surface area contributed by atoms with Crippen molar-refractivity contribution in [2.24, 2.45) is 0 Å². The van der Waals surface area contributed by atoms with Gasteiger partial charge in [0, 0.05) is 25.2 Å². The zero-order valence-corrected chi connectivity index (χ0v) is 11.1. The average Bonchev–Trinajstić information content (AvgIpc) is 2.39. The van der Waals surface area contributed by atoms with Crippen LogP contribution in [-0.2, 0) is 4.74 Å². The Kier molecular flexibility index (Phi) is 5.10. The van der Waals surface area contributed by atoms with Crippen molar-refractivity contribution in [2.45, 2.75) is 13.3 Å². The van der Waals surface area contributed by atoms with E-state index in [0.717, 1.165) is 32.8 Å². The van der Waals surface area contributed by atoms with Gasteiger partial charge in [-0.1, -0.05) is 0 Å². The summed E-state index contributed by atoms with van der Waals surface area (Å²) in [6, 6.07) is 4.71. The van der Waals surface area contributed by atoms with Gasteiger partial charge in [-0.05, 0) is 30.7 Å². The topological polar surface area (TPSA) is 21.7 Å². The van der Waals surface area contributed by atoms with Crippen LogP contribution in [-0.4, -0.2) is 44.4 Å². The van der Waals surface area contributed by atoms with Gasteiger partial charge in [-0.3, -0.25) is 4.90 Å². The quantitative estimate of drug-likeness (QED) is 0.821. The molecule has 0 amide bonds. The molecule has 1 heterocycles. The Bertz CT molecular complexity index is 406. The molecule has 0 atom stereocenters. The lowest BCUT2D eigenvalue weighted by molar-refractivity contribution is 0.0322. The van der Waals surface area contributed by atoms with Gasteiger partial charge >= 0.3 is 0 Å². The first-order valence-electron chi connectivity index (χ1n) is 6.48. The normalized spacial score (nSPS) is 16.8. The summed E-state index contributed by atoms with van der Waals surface area (Å²) in [4.78, 5) is 2.27. The third-order valence-electron chi connectivity index (χ3n) is 3.26. The lowest BCUT2D eigenvalue weighted by Crippen LogP contribution is -2.38. The number of hydrogen-bond acceptors (Lipinski definition) is 3. The molecule has 0 aliphatic carbocycles. The molecule has 1 saturated heterocycles. The van der Waals surface area contributed by atoms with Gasteiger partial charge in [0.2, 0.25) is 0 Å². The van der Waals surface area contributed by atoms with Crippen LogP contribution in [0.2, 0.25) is 0 Å². The number of halogens is 2. The molecule has 0 saturated carbocycles. The largest absolute Gasteiger partial charge is 0.492 e. The Balaban J connectivity index is 1.81. The van der Waals surface area contributed by atoms with Crippen LogP contribution in [0, 0.1) is 6.92 Å². The highest BCUT2D eigenvalue weighted by Gasteiger charge is 2.12. The average molecular weight is 271 g/mol. The van der Waals surface area contributed by atoms with Crippen molar-refractivity contribution in [3.05, 3.63) is 29.3 Å². The maximum Gasteiger partial charge on any atom is 0.264 e. The monoisotopic (exact) mass is 271 g/mol. The number of aryl methyl sites for hydroxylation is 1. The first-order chi connectivity index (χ1) is 9.16. The van der Waals surface area contributed by atoms with Gasteiger partial charge in [-0.2, -0.15) is 0 Å². The number of hydrogen-bond donors (Lipinski definition) is 0. The van der Waals surface area contributed by atoms with Gasteiger partial charge in [-0.15, -0.1) is 0 Å². The predicted molar refractivity (Wildman–Crippen MR) is 68.9 cm³/mol. The molecule has 0 bridgehead atoms. The number of benzene rings is 1. The molecule has 106 valence electrons. The summed E-state index contributed by atoms with van der Waals surface area (Å²) in [6.07, 6.45) is -2.43. The van der Waals surface area contributed by atoms with E-state index in [-0.39, 0.29) is 5.56 Å². The molecule has 2 rings (SSSR count). The fourth-order valence-corrected chi connectivity index (χ4v) is 2.10. The van der Waals surface area contributed by atoms with Crippen molar-refractivity contribution < 1.29 is 18.3 Å². The van der Waals surface area contributed by atoms with Crippen LogP contribution < -0.4 is 4.74 Å². The van der Waals surface area contributed by atoms with Crippen molar-refractivity contribution in [3.63, 3.8) is 0 Å². The summed E-state index contributed by atoms with van der Waals surface area (Å²) in [5.74, 6) is 0.648. The Labute approximate surface area is 112 Å². The summed E-state index contributed by atoms with van der Waals surface area (Å²) >= 11 is 0. The van der Waals surface area contributed by atoms with Crippen LogP contribution in [0.5, 0.6) is 5.75 Å². The van der Waals surface area contributed by atoms with Gasteiger partial charge in [-0.25, -0.2) is 8.78 Å². The van der Waals surface area contributed by atoms with E-state index >= 15 is 0 Å². The van der Waals surface area contributed by atoms with Crippen molar-refractivity contribution in [3.8, 4) is 5.75 Å². The summed E-state index contributed by atoms with van der Waals surface area (Å²) in [6.45, 7) is 6.45. The number of rotatable bonds is 5. The predicted octanol–water partition coefficient (Wildman–Crippen LogP) is 2.64. The Morgan fingerprint density at radius 1 is 1.32 bits per heavy atom. The SMILES string of the molecule is Cc1cc(OCCN2CCOCC2)ccc1C(F)F. The second-order valence-corrected chi connectivity index (χ2v) is 4.62. The minimum Gasteiger partial charge on any atom is -0.492 e. The molecule has 0 unspecified atom stereocenters. The molecule has 0 aromatic heterocycles. The standard InChI is InChI=1S/C14H19F2NO2/c1-11-10-12(2-3-13(11)14(15)16)19-9-6-17-4-7-18-8-5-17/h2-3,10,14H,4-9H2,1H3. The van der Waals surface area contributed by atoms with E-state index in [1.807, 2.05) is 0 Å². The fourth-order valence-electron chi connectivity index (χ4n) is 2.10. The van der Waals surface area contributed by atoms with Gasteiger partial charge in [0.25, 0.3) is 6.43 Å².